The van der Waals surface area contributed by atoms with Crippen molar-refractivity contribution in [3.63, 3.8) is 0 Å². The number of aromatic nitrogens is 1. The molecule has 0 unspecified atom stereocenters. The van der Waals surface area contributed by atoms with E-state index in [0.717, 1.165) is 11.3 Å². The summed E-state index contributed by atoms with van der Waals surface area (Å²) in [5, 5.41) is 3.43. The Morgan fingerprint density at radius 2 is 1.93 bits per heavy atom. The molecule has 0 saturated carbocycles. The lowest BCUT2D eigenvalue weighted by atomic mass is 10.1. The molecule has 0 saturated heterocycles. The third kappa shape index (κ3) is 4.78. The van der Waals surface area contributed by atoms with E-state index in [1.165, 1.54) is 30.5 Å². The van der Waals surface area contributed by atoms with E-state index in [0.29, 0.717) is 11.1 Å². The molecule has 5 nitrogen and oxygen atoms in total. The van der Waals surface area contributed by atoms with Crippen molar-refractivity contribution < 1.29 is 17.6 Å². The molecule has 27 heavy (non-hydrogen) atoms. The van der Waals surface area contributed by atoms with Gasteiger partial charge in [-0.3, -0.25) is 9.78 Å². The summed E-state index contributed by atoms with van der Waals surface area (Å²) >= 11 is 1.13. The molecular weight excluding hydrogens is 387 g/mol. The Bertz CT molecular complexity index is 989. The van der Waals surface area contributed by atoms with Crippen LogP contribution in [-0.2, 0) is 21.1 Å². The van der Waals surface area contributed by atoms with Crippen LogP contribution >= 0.6 is 11.3 Å². The van der Waals surface area contributed by atoms with Gasteiger partial charge in [-0.2, -0.15) is 0 Å². The zero-order valence-corrected chi connectivity index (χ0v) is 15.8. The number of pyridine rings is 1. The highest BCUT2D eigenvalue weighted by Gasteiger charge is 2.30. The number of amides is 1. The predicted octanol–water partition coefficient (Wildman–Crippen LogP) is 3.16. The van der Waals surface area contributed by atoms with Gasteiger partial charge in [0.15, 0.2) is 9.84 Å². The summed E-state index contributed by atoms with van der Waals surface area (Å²) in [6.45, 7) is -0.0774. The standard InChI is InChI=1S/C19H17FN2O3S2/c20-16-7-5-14(6-8-16)11-18(23)22-13-17(15-3-1-9-21-12-15)27(24,25)19-4-2-10-26-19/h1-10,12,17H,11,13H2,(H,22,23)/t17-/m1/s1. The molecule has 0 spiro atoms. The van der Waals surface area contributed by atoms with Gasteiger partial charge in [0.2, 0.25) is 5.91 Å². The molecule has 0 bridgehead atoms. The van der Waals surface area contributed by atoms with E-state index >= 15 is 0 Å². The van der Waals surface area contributed by atoms with Gasteiger partial charge >= 0.3 is 0 Å². The van der Waals surface area contributed by atoms with E-state index in [1.807, 2.05) is 0 Å². The molecule has 0 aliphatic rings. The molecule has 3 aromatic rings. The van der Waals surface area contributed by atoms with Crippen LogP contribution in [0.3, 0.4) is 0 Å². The Morgan fingerprint density at radius 3 is 2.56 bits per heavy atom. The Balaban J connectivity index is 1.76. The van der Waals surface area contributed by atoms with Gasteiger partial charge in [-0.05, 0) is 40.8 Å². The van der Waals surface area contributed by atoms with Crippen molar-refractivity contribution in [3.05, 3.63) is 83.2 Å². The number of halogens is 1. The molecule has 3 rings (SSSR count). The van der Waals surface area contributed by atoms with Crippen molar-refractivity contribution in [2.75, 3.05) is 6.54 Å². The number of benzene rings is 1. The summed E-state index contributed by atoms with van der Waals surface area (Å²) in [5.41, 5.74) is 1.15. The maximum absolute atomic E-state index is 13.0. The lowest BCUT2D eigenvalue weighted by Crippen LogP contribution is -2.32. The predicted molar refractivity (Wildman–Crippen MR) is 102 cm³/mol. The first-order chi connectivity index (χ1) is 13.0. The number of nitrogens with zero attached hydrogens (tertiary/aromatic N) is 1. The second-order valence-electron chi connectivity index (χ2n) is 5.86. The minimum absolute atomic E-state index is 0.0408. The molecule has 0 aliphatic carbocycles. The third-order valence-corrected chi connectivity index (χ3v) is 7.50. The lowest BCUT2D eigenvalue weighted by molar-refractivity contribution is -0.120. The van der Waals surface area contributed by atoms with Crippen LogP contribution < -0.4 is 5.32 Å². The Hall–Kier alpha value is -2.58. The second kappa shape index (κ2) is 8.41. The van der Waals surface area contributed by atoms with Gasteiger partial charge in [-0.25, -0.2) is 12.8 Å². The zero-order chi connectivity index (χ0) is 19.3. The molecule has 2 aromatic heterocycles. The smallest absolute Gasteiger partial charge is 0.224 e. The van der Waals surface area contributed by atoms with Crippen LogP contribution in [0.15, 0.2) is 70.5 Å². The topological polar surface area (TPSA) is 76.1 Å². The summed E-state index contributed by atoms with van der Waals surface area (Å²) in [5.74, 6) is -0.713. The Kier molecular flexibility index (Phi) is 5.98. The van der Waals surface area contributed by atoms with Gasteiger partial charge in [-0.15, -0.1) is 11.3 Å². The summed E-state index contributed by atoms with van der Waals surface area (Å²) in [7, 11) is -3.67. The fourth-order valence-electron chi connectivity index (χ4n) is 2.60. The van der Waals surface area contributed by atoms with E-state index in [4.69, 9.17) is 0 Å². The molecule has 0 radical (unpaired) electrons. The van der Waals surface area contributed by atoms with Gasteiger partial charge in [0, 0.05) is 18.9 Å². The van der Waals surface area contributed by atoms with E-state index < -0.39 is 15.1 Å². The second-order valence-corrected chi connectivity index (χ2v) is 9.16. The van der Waals surface area contributed by atoms with Gasteiger partial charge in [0.25, 0.3) is 0 Å². The molecule has 1 N–H and O–H groups in total. The number of hydrogen-bond acceptors (Lipinski definition) is 5. The first-order valence-electron chi connectivity index (χ1n) is 8.15. The third-order valence-electron chi connectivity index (χ3n) is 3.97. The van der Waals surface area contributed by atoms with Crippen molar-refractivity contribution in [1.29, 1.82) is 0 Å². The van der Waals surface area contributed by atoms with E-state index in [1.54, 1.807) is 35.8 Å². The van der Waals surface area contributed by atoms with Crippen molar-refractivity contribution in [3.8, 4) is 0 Å². The molecular formula is C19H17FN2O3S2. The minimum atomic E-state index is -3.67. The van der Waals surface area contributed by atoms with Crippen molar-refractivity contribution in [2.24, 2.45) is 0 Å². The van der Waals surface area contributed by atoms with Crippen LogP contribution in [0.5, 0.6) is 0 Å². The number of sulfone groups is 1. The molecule has 2 heterocycles. The Morgan fingerprint density at radius 1 is 1.15 bits per heavy atom. The lowest BCUT2D eigenvalue weighted by Gasteiger charge is -2.18. The van der Waals surface area contributed by atoms with E-state index in [9.17, 15) is 17.6 Å². The summed E-state index contributed by atoms with van der Waals surface area (Å²) in [6.07, 6.45) is 3.09. The van der Waals surface area contributed by atoms with Gasteiger partial charge in [-0.1, -0.05) is 24.3 Å². The number of carbonyl (C=O) groups excluding carboxylic acids is 1. The quantitative estimate of drug-likeness (QED) is 0.656. The molecule has 140 valence electrons. The maximum Gasteiger partial charge on any atom is 0.224 e. The van der Waals surface area contributed by atoms with Crippen LogP contribution in [-0.4, -0.2) is 25.9 Å². The van der Waals surface area contributed by atoms with Crippen molar-refractivity contribution in [1.82, 2.24) is 10.3 Å². The van der Waals surface area contributed by atoms with Gasteiger partial charge in [0.05, 0.1) is 6.42 Å². The summed E-state index contributed by atoms with van der Waals surface area (Å²) in [4.78, 5) is 16.2. The van der Waals surface area contributed by atoms with Crippen LogP contribution in [0.1, 0.15) is 16.4 Å². The van der Waals surface area contributed by atoms with Crippen molar-refractivity contribution in [2.45, 2.75) is 15.9 Å². The van der Waals surface area contributed by atoms with Crippen LogP contribution in [0.4, 0.5) is 4.39 Å². The van der Waals surface area contributed by atoms with Crippen LogP contribution in [0.2, 0.25) is 0 Å². The average Bonchev–Trinajstić information content (AvgIpc) is 3.20. The molecule has 1 atom stereocenters. The molecule has 0 aliphatic heterocycles. The minimum Gasteiger partial charge on any atom is -0.354 e. The van der Waals surface area contributed by atoms with Crippen LogP contribution in [0, 0.1) is 5.82 Å². The van der Waals surface area contributed by atoms with Gasteiger partial charge in [0.1, 0.15) is 15.3 Å². The summed E-state index contributed by atoms with van der Waals surface area (Å²) in [6, 6.07) is 12.2. The Labute approximate surface area is 160 Å². The fourth-order valence-corrected chi connectivity index (χ4v) is 5.44. The fraction of sp³-hybridized carbons (Fsp3) is 0.158. The first-order valence-corrected chi connectivity index (χ1v) is 10.6. The number of carbonyl (C=O) groups is 1. The molecule has 1 aromatic carbocycles. The highest BCUT2D eigenvalue weighted by Crippen LogP contribution is 2.30. The molecule has 1 amide bonds. The first kappa shape index (κ1) is 19.2. The van der Waals surface area contributed by atoms with E-state index in [-0.39, 0.29) is 28.9 Å². The highest BCUT2D eigenvalue weighted by molar-refractivity contribution is 7.93. The number of nitrogens with one attached hydrogen (secondary N) is 1. The molecule has 8 heteroatoms. The SMILES string of the molecule is O=C(Cc1ccc(F)cc1)NC[C@H](c1cccnc1)S(=O)(=O)c1cccs1. The zero-order valence-electron chi connectivity index (χ0n) is 14.2. The summed E-state index contributed by atoms with van der Waals surface area (Å²) < 4.78 is 39.2. The monoisotopic (exact) mass is 404 g/mol. The number of thiophene rings is 1. The van der Waals surface area contributed by atoms with Gasteiger partial charge < -0.3 is 5.32 Å². The van der Waals surface area contributed by atoms with E-state index in [2.05, 4.69) is 10.3 Å². The number of hydrogen-bond donors (Lipinski definition) is 1. The highest BCUT2D eigenvalue weighted by atomic mass is 32.2. The maximum atomic E-state index is 13.0. The molecule has 0 fully saturated rings. The largest absolute Gasteiger partial charge is 0.354 e. The van der Waals surface area contributed by atoms with Crippen molar-refractivity contribution >= 4 is 27.1 Å². The average molecular weight is 404 g/mol. The van der Waals surface area contributed by atoms with Crippen LogP contribution in [0.25, 0.3) is 0 Å². The normalized spacial score (nSPS) is 12.5. The number of rotatable bonds is 7.